The van der Waals surface area contributed by atoms with Crippen molar-refractivity contribution in [1.29, 1.82) is 0 Å². The molecule has 0 fully saturated rings. The first-order chi connectivity index (χ1) is 7.74. The summed E-state index contributed by atoms with van der Waals surface area (Å²) in [7, 11) is 2.11. The SMILES string of the molecule is CCc1cc(CC)c(C2CN=CN(C)C2)s1. The second-order valence-corrected chi connectivity index (χ2v) is 5.59. The van der Waals surface area contributed by atoms with Crippen LogP contribution in [-0.2, 0) is 12.8 Å². The van der Waals surface area contributed by atoms with Crippen molar-refractivity contribution in [2.24, 2.45) is 4.99 Å². The fraction of sp³-hybridized carbons (Fsp3) is 0.615. The third kappa shape index (κ3) is 2.29. The minimum Gasteiger partial charge on any atom is -0.365 e. The van der Waals surface area contributed by atoms with Crippen LogP contribution in [0.4, 0.5) is 0 Å². The molecule has 3 heteroatoms. The number of aryl methyl sites for hydroxylation is 2. The fourth-order valence-electron chi connectivity index (χ4n) is 2.23. The van der Waals surface area contributed by atoms with Crippen LogP contribution in [-0.4, -0.2) is 31.4 Å². The van der Waals surface area contributed by atoms with Crippen molar-refractivity contribution < 1.29 is 0 Å². The van der Waals surface area contributed by atoms with Crippen molar-refractivity contribution >= 4 is 17.7 Å². The molecular weight excluding hydrogens is 216 g/mol. The molecule has 0 saturated heterocycles. The summed E-state index contributed by atoms with van der Waals surface area (Å²) in [4.78, 5) is 9.72. The summed E-state index contributed by atoms with van der Waals surface area (Å²) in [5.41, 5.74) is 1.54. The summed E-state index contributed by atoms with van der Waals surface area (Å²) in [5.74, 6) is 0.607. The van der Waals surface area contributed by atoms with Gasteiger partial charge in [0.15, 0.2) is 0 Å². The van der Waals surface area contributed by atoms with E-state index >= 15 is 0 Å². The van der Waals surface area contributed by atoms with E-state index in [4.69, 9.17) is 0 Å². The van der Waals surface area contributed by atoms with E-state index in [2.05, 4.69) is 36.9 Å². The Morgan fingerprint density at radius 2 is 2.25 bits per heavy atom. The van der Waals surface area contributed by atoms with E-state index in [0.29, 0.717) is 5.92 Å². The number of aliphatic imine (C=N–C) groups is 1. The fourth-order valence-corrected chi connectivity index (χ4v) is 3.51. The van der Waals surface area contributed by atoms with Gasteiger partial charge in [-0.1, -0.05) is 13.8 Å². The third-order valence-corrected chi connectivity index (χ3v) is 4.59. The molecule has 0 bridgehead atoms. The smallest absolute Gasteiger partial charge is 0.0847 e. The molecule has 1 aromatic heterocycles. The Morgan fingerprint density at radius 3 is 2.88 bits per heavy atom. The molecule has 2 rings (SSSR count). The van der Waals surface area contributed by atoms with Gasteiger partial charge in [-0.3, -0.25) is 4.99 Å². The van der Waals surface area contributed by atoms with E-state index < -0.39 is 0 Å². The molecule has 0 saturated carbocycles. The van der Waals surface area contributed by atoms with E-state index in [1.165, 1.54) is 10.4 Å². The summed E-state index contributed by atoms with van der Waals surface area (Å²) in [6.45, 7) is 6.56. The number of hydrogen-bond donors (Lipinski definition) is 0. The van der Waals surface area contributed by atoms with Gasteiger partial charge >= 0.3 is 0 Å². The average molecular weight is 236 g/mol. The number of likely N-dealkylation sites (N-methyl/N-ethyl adjacent to an activating group) is 1. The van der Waals surface area contributed by atoms with Gasteiger partial charge in [0, 0.05) is 29.3 Å². The van der Waals surface area contributed by atoms with Crippen LogP contribution in [0.1, 0.15) is 35.1 Å². The minimum atomic E-state index is 0.607. The van der Waals surface area contributed by atoms with Crippen LogP contribution in [0.25, 0.3) is 0 Å². The van der Waals surface area contributed by atoms with E-state index in [9.17, 15) is 0 Å². The molecule has 1 atom stereocenters. The normalized spacial score (nSPS) is 20.4. The average Bonchev–Trinajstić information content (AvgIpc) is 2.72. The molecule has 0 radical (unpaired) electrons. The Kier molecular flexibility index (Phi) is 3.64. The molecule has 1 aliphatic heterocycles. The second kappa shape index (κ2) is 5.00. The van der Waals surface area contributed by atoms with Gasteiger partial charge in [-0.05, 0) is 24.5 Å². The highest BCUT2D eigenvalue weighted by Crippen LogP contribution is 2.32. The third-order valence-electron chi connectivity index (χ3n) is 3.11. The van der Waals surface area contributed by atoms with Gasteiger partial charge in [-0.15, -0.1) is 11.3 Å². The maximum atomic E-state index is 4.43. The van der Waals surface area contributed by atoms with Crippen LogP contribution < -0.4 is 0 Å². The van der Waals surface area contributed by atoms with Gasteiger partial charge < -0.3 is 4.90 Å². The van der Waals surface area contributed by atoms with Crippen LogP contribution in [0.3, 0.4) is 0 Å². The molecular formula is C13H20N2S. The van der Waals surface area contributed by atoms with Crippen LogP contribution in [0.5, 0.6) is 0 Å². The summed E-state index contributed by atoms with van der Waals surface area (Å²) in [5, 5.41) is 0. The van der Waals surface area contributed by atoms with E-state index in [0.717, 1.165) is 25.9 Å². The van der Waals surface area contributed by atoms with Gasteiger partial charge in [0.25, 0.3) is 0 Å². The highest BCUT2D eigenvalue weighted by molar-refractivity contribution is 7.12. The molecule has 88 valence electrons. The van der Waals surface area contributed by atoms with Crippen molar-refractivity contribution in [2.75, 3.05) is 20.1 Å². The van der Waals surface area contributed by atoms with Gasteiger partial charge in [0.2, 0.25) is 0 Å². The zero-order valence-electron chi connectivity index (χ0n) is 10.4. The standard InChI is InChI=1S/C13H20N2S/c1-4-10-6-12(5-2)16-13(10)11-7-14-9-15(3)8-11/h6,9,11H,4-5,7-8H2,1-3H3. The van der Waals surface area contributed by atoms with Gasteiger partial charge in [-0.2, -0.15) is 0 Å². The first kappa shape index (κ1) is 11.6. The first-order valence-corrected chi connectivity index (χ1v) is 6.87. The Morgan fingerprint density at radius 1 is 1.44 bits per heavy atom. The number of rotatable bonds is 3. The number of nitrogens with zero attached hydrogens (tertiary/aromatic N) is 2. The van der Waals surface area contributed by atoms with Crippen molar-refractivity contribution in [3.8, 4) is 0 Å². The largest absolute Gasteiger partial charge is 0.365 e. The van der Waals surface area contributed by atoms with Gasteiger partial charge in [-0.25, -0.2) is 0 Å². The monoisotopic (exact) mass is 236 g/mol. The van der Waals surface area contributed by atoms with Crippen LogP contribution in [0, 0.1) is 0 Å². The Hall–Kier alpha value is -0.830. The van der Waals surface area contributed by atoms with Crippen molar-refractivity contribution in [3.05, 3.63) is 21.4 Å². The molecule has 0 aliphatic carbocycles. The molecule has 0 amide bonds. The van der Waals surface area contributed by atoms with E-state index in [1.807, 2.05) is 17.7 Å². The van der Waals surface area contributed by atoms with Crippen molar-refractivity contribution in [1.82, 2.24) is 4.90 Å². The summed E-state index contributed by atoms with van der Waals surface area (Å²) < 4.78 is 0. The molecule has 1 unspecified atom stereocenters. The number of hydrogen-bond acceptors (Lipinski definition) is 3. The van der Waals surface area contributed by atoms with Crippen molar-refractivity contribution in [3.63, 3.8) is 0 Å². The van der Waals surface area contributed by atoms with Gasteiger partial charge in [0.1, 0.15) is 0 Å². The lowest BCUT2D eigenvalue weighted by molar-refractivity contribution is 0.442. The zero-order valence-corrected chi connectivity index (χ0v) is 11.2. The molecule has 0 N–H and O–H groups in total. The van der Waals surface area contributed by atoms with E-state index in [-0.39, 0.29) is 0 Å². The zero-order chi connectivity index (χ0) is 11.5. The molecule has 0 spiro atoms. The molecule has 16 heavy (non-hydrogen) atoms. The highest BCUT2D eigenvalue weighted by Gasteiger charge is 2.20. The quantitative estimate of drug-likeness (QED) is 0.788. The topological polar surface area (TPSA) is 15.6 Å². The van der Waals surface area contributed by atoms with Crippen LogP contribution in [0.2, 0.25) is 0 Å². The maximum absolute atomic E-state index is 4.43. The first-order valence-electron chi connectivity index (χ1n) is 6.06. The maximum Gasteiger partial charge on any atom is 0.0847 e. The molecule has 1 aliphatic rings. The highest BCUT2D eigenvalue weighted by atomic mass is 32.1. The van der Waals surface area contributed by atoms with Crippen LogP contribution in [0.15, 0.2) is 11.1 Å². The lowest BCUT2D eigenvalue weighted by Crippen LogP contribution is -2.29. The summed E-state index contributed by atoms with van der Waals surface area (Å²) in [6, 6.07) is 2.39. The Bertz CT molecular complexity index is 381. The molecule has 2 nitrogen and oxygen atoms in total. The molecule has 0 aromatic carbocycles. The molecule has 1 aromatic rings. The van der Waals surface area contributed by atoms with E-state index in [1.54, 1.807) is 4.88 Å². The summed E-state index contributed by atoms with van der Waals surface area (Å²) in [6.07, 6.45) is 4.26. The lowest BCUT2D eigenvalue weighted by Gasteiger charge is -2.25. The lowest BCUT2D eigenvalue weighted by atomic mass is 10.0. The molecule has 2 heterocycles. The second-order valence-electron chi connectivity index (χ2n) is 4.43. The Balaban J connectivity index is 2.25. The predicted molar refractivity (Wildman–Crippen MR) is 71.8 cm³/mol. The van der Waals surface area contributed by atoms with Crippen molar-refractivity contribution in [2.45, 2.75) is 32.6 Å². The summed E-state index contributed by atoms with van der Waals surface area (Å²) >= 11 is 1.99. The van der Waals surface area contributed by atoms with Gasteiger partial charge in [0.05, 0.1) is 12.9 Å². The number of thiophene rings is 1. The van der Waals surface area contributed by atoms with Crippen LogP contribution >= 0.6 is 11.3 Å². The Labute approximate surface area is 102 Å². The minimum absolute atomic E-state index is 0.607. The predicted octanol–water partition coefficient (Wildman–Crippen LogP) is 2.93.